The van der Waals surface area contributed by atoms with Crippen molar-refractivity contribution in [1.82, 2.24) is 10.2 Å². The molecular formula is C11H11FN2OS2. The Balaban J connectivity index is 2.37. The lowest BCUT2D eigenvalue weighted by atomic mass is 10.1. The van der Waals surface area contributed by atoms with E-state index in [0.717, 1.165) is 5.01 Å². The lowest BCUT2D eigenvalue weighted by molar-refractivity contribution is 0.195. The number of halogens is 1. The van der Waals surface area contributed by atoms with E-state index in [-0.39, 0.29) is 5.82 Å². The molecule has 0 aliphatic carbocycles. The molecule has 0 fully saturated rings. The minimum absolute atomic E-state index is 0.346. The van der Waals surface area contributed by atoms with Crippen LogP contribution >= 0.6 is 23.1 Å². The molecule has 0 aliphatic heterocycles. The molecule has 3 nitrogen and oxygen atoms in total. The van der Waals surface area contributed by atoms with Crippen LogP contribution in [0.4, 0.5) is 4.39 Å². The fourth-order valence-corrected chi connectivity index (χ4v) is 3.34. The standard InChI is InChI=1S/C11H11FN2OS2/c1-6(15)8-4-3-5-9(12)10(8)17-11-14-13-7(2)16-11/h3-6,15H,1-2H3/t6-/m0/s1. The van der Waals surface area contributed by atoms with Crippen LogP contribution in [0.25, 0.3) is 0 Å². The van der Waals surface area contributed by atoms with Crippen molar-refractivity contribution in [2.75, 3.05) is 0 Å². The van der Waals surface area contributed by atoms with Crippen LogP contribution in [0.15, 0.2) is 27.4 Å². The third-order valence-electron chi connectivity index (χ3n) is 2.14. The molecule has 1 aromatic carbocycles. The highest BCUT2D eigenvalue weighted by Gasteiger charge is 2.15. The number of hydrogen-bond acceptors (Lipinski definition) is 5. The van der Waals surface area contributed by atoms with Crippen molar-refractivity contribution in [3.8, 4) is 0 Å². The topological polar surface area (TPSA) is 46.0 Å². The average molecular weight is 270 g/mol. The SMILES string of the molecule is Cc1nnc(Sc2c(F)cccc2[C@H](C)O)s1. The predicted molar refractivity (Wildman–Crippen MR) is 65.8 cm³/mol. The van der Waals surface area contributed by atoms with E-state index in [0.29, 0.717) is 14.8 Å². The summed E-state index contributed by atoms with van der Waals surface area (Å²) < 4.78 is 14.4. The highest BCUT2D eigenvalue weighted by atomic mass is 32.2. The molecule has 0 aliphatic rings. The van der Waals surface area contributed by atoms with Crippen LogP contribution < -0.4 is 0 Å². The molecule has 1 heterocycles. The number of hydrogen-bond donors (Lipinski definition) is 1. The zero-order valence-corrected chi connectivity index (χ0v) is 11.0. The fourth-order valence-electron chi connectivity index (χ4n) is 1.37. The molecule has 1 atom stereocenters. The highest BCUT2D eigenvalue weighted by Crippen LogP contribution is 2.36. The van der Waals surface area contributed by atoms with Gasteiger partial charge in [-0.1, -0.05) is 35.2 Å². The molecule has 2 rings (SSSR count). The summed E-state index contributed by atoms with van der Waals surface area (Å²) in [5, 5.41) is 18.3. The molecule has 6 heteroatoms. The first-order chi connectivity index (χ1) is 8.08. The Kier molecular flexibility index (Phi) is 3.76. The third-order valence-corrected chi connectivity index (χ3v) is 4.17. The van der Waals surface area contributed by atoms with Crippen LogP contribution in [0.5, 0.6) is 0 Å². The maximum absolute atomic E-state index is 13.7. The molecule has 0 radical (unpaired) electrons. The van der Waals surface area contributed by atoms with Gasteiger partial charge in [-0.2, -0.15) is 0 Å². The first kappa shape index (κ1) is 12.5. The van der Waals surface area contributed by atoms with E-state index in [2.05, 4.69) is 10.2 Å². The molecule has 0 saturated carbocycles. The van der Waals surface area contributed by atoms with Gasteiger partial charge in [0.2, 0.25) is 0 Å². The quantitative estimate of drug-likeness (QED) is 0.930. The Morgan fingerprint density at radius 2 is 2.18 bits per heavy atom. The predicted octanol–water partition coefficient (Wildman–Crippen LogP) is 3.19. The van der Waals surface area contributed by atoms with Crippen molar-refractivity contribution in [2.24, 2.45) is 0 Å². The van der Waals surface area contributed by atoms with Gasteiger partial charge in [-0.05, 0) is 25.5 Å². The minimum Gasteiger partial charge on any atom is -0.389 e. The van der Waals surface area contributed by atoms with Crippen molar-refractivity contribution in [1.29, 1.82) is 0 Å². The van der Waals surface area contributed by atoms with E-state index < -0.39 is 6.10 Å². The van der Waals surface area contributed by atoms with E-state index >= 15 is 0 Å². The van der Waals surface area contributed by atoms with Gasteiger partial charge in [-0.3, -0.25) is 0 Å². The van der Waals surface area contributed by atoms with E-state index in [9.17, 15) is 9.50 Å². The van der Waals surface area contributed by atoms with Gasteiger partial charge in [0, 0.05) is 0 Å². The van der Waals surface area contributed by atoms with E-state index in [4.69, 9.17) is 0 Å². The first-order valence-electron chi connectivity index (χ1n) is 5.02. The van der Waals surface area contributed by atoms with Crippen molar-refractivity contribution < 1.29 is 9.50 Å². The van der Waals surface area contributed by atoms with Crippen LogP contribution in [-0.4, -0.2) is 15.3 Å². The third kappa shape index (κ3) is 2.83. The van der Waals surface area contributed by atoms with Crippen molar-refractivity contribution >= 4 is 23.1 Å². The molecule has 1 N–H and O–H groups in total. The minimum atomic E-state index is -0.706. The Hall–Kier alpha value is -0.980. The number of benzene rings is 1. The van der Waals surface area contributed by atoms with Gasteiger partial charge in [0.1, 0.15) is 10.8 Å². The summed E-state index contributed by atoms with van der Waals surface area (Å²) in [5.74, 6) is -0.346. The largest absolute Gasteiger partial charge is 0.389 e. The van der Waals surface area contributed by atoms with Gasteiger partial charge in [-0.15, -0.1) is 10.2 Å². The molecule has 1 aromatic heterocycles. The molecule has 90 valence electrons. The van der Waals surface area contributed by atoms with Crippen molar-refractivity contribution in [3.63, 3.8) is 0 Å². The van der Waals surface area contributed by atoms with Crippen LogP contribution in [0.1, 0.15) is 23.6 Å². The maximum atomic E-state index is 13.7. The molecule has 0 unspecified atom stereocenters. The summed E-state index contributed by atoms with van der Waals surface area (Å²) in [5.41, 5.74) is 0.572. The van der Waals surface area contributed by atoms with Gasteiger partial charge in [0.25, 0.3) is 0 Å². The van der Waals surface area contributed by atoms with E-state index in [1.807, 2.05) is 6.92 Å². The normalized spacial score (nSPS) is 12.7. The molecular weight excluding hydrogens is 259 g/mol. The second-order valence-corrected chi connectivity index (χ2v) is 5.96. The summed E-state index contributed by atoms with van der Waals surface area (Å²) in [6.45, 7) is 3.46. The highest BCUT2D eigenvalue weighted by molar-refractivity contribution is 8.01. The van der Waals surface area contributed by atoms with Crippen LogP contribution in [-0.2, 0) is 0 Å². The molecule has 0 spiro atoms. The summed E-state index contributed by atoms with van der Waals surface area (Å²) in [4.78, 5) is 0.415. The zero-order chi connectivity index (χ0) is 12.4. The number of aliphatic hydroxyl groups is 1. The monoisotopic (exact) mass is 270 g/mol. The lowest BCUT2D eigenvalue weighted by Gasteiger charge is -2.10. The fraction of sp³-hybridized carbons (Fsp3) is 0.273. The zero-order valence-electron chi connectivity index (χ0n) is 9.35. The van der Waals surface area contributed by atoms with Crippen LogP contribution in [0.3, 0.4) is 0 Å². The molecule has 0 bridgehead atoms. The Morgan fingerprint density at radius 1 is 1.41 bits per heavy atom. The average Bonchev–Trinajstić information content (AvgIpc) is 2.67. The summed E-state index contributed by atoms with van der Waals surface area (Å²) in [6.07, 6.45) is -0.706. The van der Waals surface area contributed by atoms with Gasteiger partial charge < -0.3 is 5.11 Å². The van der Waals surface area contributed by atoms with Gasteiger partial charge >= 0.3 is 0 Å². The Bertz CT molecular complexity index is 528. The summed E-state index contributed by atoms with van der Waals surface area (Å²) >= 11 is 2.60. The number of aromatic nitrogens is 2. The van der Waals surface area contributed by atoms with Gasteiger partial charge in [0.15, 0.2) is 4.34 Å². The number of nitrogens with zero attached hydrogens (tertiary/aromatic N) is 2. The second kappa shape index (κ2) is 5.12. The molecule has 17 heavy (non-hydrogen) atoms. The second-order valence-electron chi connectivity index (χ2n) is 3.52. The smallest absolute Gasteiger partial charge is 0.179 e. The number of rotatable bonds is 3. The Morgan fingerprint density at radius 3 is 2.76 bits per heavy atom. The van der Waals surface area contributed by atoms with Gasteiger partial charge in [0.05, 0.1) is 11.0 Å². The van der Waals surface area contributed by atoms with Gasteiger partial charge in [-0.25, -0.2) is 4.39 Å². The summed E-state index contributed by atoms with van der Waals surface area (Å²) in [7, 11) is 0. The molecule has 0 saturated heterocycles. The summed E-state index contributed by atoms with van der Waals surface area (Å²) in [6, 6.07) is 4.68. The van der Waals surface area contributed by atoms with Crippen molar-refractivity contribution in [2.45, 2.75) is 29.2 Å². The molecule has 0 amide bonds. The number of aliphatic hydroxyl groups excluding tert-OH is 1. The van der Waals surface area contributed by atoms with Crippen LogP contribution in [0.2, 0.25) is 0 Å². The van der Waals surface area contributed by atoms with Crippen LogP contribution in [0, 0.1) is 12.7 Å². The molecule has 2 aromatic rings. The van der Waals surface area contributed by atoms with Crippen molar-refractivity contribution in [3.05, 3.63) is 34.6 Å². The first-order valence-corrected chi connectivity index (χ1v) is 6.65. The van der Waals surface area contributed by atoms with E-state index in [1.165, 1.54) is 29.2 Å². The number of aryl methyl sites for hydroxylation is 1. The van der Waals surface area contributed by atoms with E-state index in [1.54, 1.807) is 19.1 Å². The lowest BCUT2D eigenvalue weighted by Crippen LogP contribution is -1.96. The maximum Gasteiger partial charge on any atom is 0.179 e. The Labute approximate surface area is 107 Å².